The summed E-state index contributed by atoms with van der Waals surface area (Å²) in [6, 6.07) is 0. The van der Waals surface area contributed by atoms with E-state index in [0.29, 0.717) is 25.7 Å². The first kappa shape index (κ1) is 43.5. The maximum atomic E-state index is 14.8. The Morgan fingerprint density at radius 2 is 1.28 bits per heavy atom. The lowest BCUT2D eigenvalue weighted by Crippen LogP contribution is -2.68. The molecule has 0 bridgehead atoms. The van der Waals surface area contributed by atoms with Crippen LogP contribution in [0.15, 0.2) is 11.6 Å². The van der Waals surface area contributed by atoms with Gasteiger partial charge in [-0.05, 0) is 110 Å². The summed E-state index contributed by atoms with van der Waals surface area (Å²) in [5, 5.41) is 83.0. The Balaban J connectivity index is 1.17. The lowest BCUT2D eigenvalue weighted by molar-refractivity contribution is -0.371. The number of ether oxygens (including phenoxy) is 4. The molecule has 2 saturated heterocycles. The number of hydrogen-bond donors (Lipinski definition) is 8. The fourth-order valence-electron chi connectivity index (χ4n) is 13.4. The molecule has 7 aliphatic rings. The zero-order chi connectivity index (χ0) is 42.9. The number of aliphatic hydroxyl groups excluding tert-OH is 5. The minimum atomic E-state index is -2.05. The molecule has 58 heavy (non-hydrogen) atoms. The maximum Gasteiger partial charge on any atom is 0.335 e. The van der Waals surface area contributed by atoms with E-state index in [4.69, 9.17) is 18.9 Å². The molecule has 6 fully saturated rings. The fraction of sp³-hybridized carbons (Fsp3) is 0.857. The number of hydrogen-bond acceptors (Lipinski definition) is 13. The first-order valence-corrected chi connectivity index (χ1v) is 20.7. The number of carbonyl (C=O) groups excluding carboxylic acids is 1. The third-order valence-electron chi connectivity index (χ3n) is 17.2. The van der Waals surface area contributed by atoms with Gasteiger partial charge in [0.25, 0.3) is 0 Å². The van der Waals surface area contributed by atoms with Crippen molar-refractivity contribution in [2.24, 2.45) is 50.2 Å². The van der Waals surface area contributed by atoms with Crippen molar-refractivity contribution < 1.29 is 79.0 Å². The van der Waals surface area contributed by atoms with Gasteiger partial charge in [0.05, 0.1) is 11.5 Å². The molecule has 2 aliphatic heterocycles. The first-order valence-electron chi connectivity index (χ1n) is 20.7. The van der Waals surface area contributed by atoms with E-state index in [9.17, 15) is 60.0 Å². The van der Waals surface area contributed by atoms with Gasteiger partial charge < -0.3 is 59.8 Å². The van der Waals surface area contributed by atoms with Gasteiger partial charge in [-0.2, -0.15) is 0 Å². The van der Waals surface area contributed by atoms with Gasteiger partial charge in [-0.3, -0.25) is 9.59 Å². The molecule has 0 aromatic rings. The highest BCUT2D eigenvalue weighted by Gasteiger charge is 2.71. The van der Waals surface area contributed by atoms with Gasteiger partial charge in [0.2, 0.25) is 0 Å². The SMILES string of the molecule is CC1(C)[C@@H](O[C@H]2O[C@H](C(=O)O)[C@@H](O)[C@H](O)[C@H]2O[C@H]2O[C@H](C(=O)O)[C@H](O)[C@H](O)[C@H]2O)CC[C@]2(C)[C@H]3C(=O)C=C4[C@@H]5C[C@@](C)(C(=O)O)CC[C@]5(C)CC[C@@]4(C)[C@]3(C)CC[C@@H]12. The summed E-state index contributed by atoms with van der Waals surface area (Å²) >= 11 is 0. The zero-order valence-electron chi connectivity index (χ0n) is 34.4. The second-order valence-corrected chi connectivity index (χ2v) is 20.6. The standard InChI is InChI=1S/C42H62O16/c1-37(2)21-8-11-42(7)31(20(43)16-18-19-17-39(4,36(53)54)13-12-38(19,3)14-15-41(18,42)6)40(21,5)10-9-22(37)55-35-30(26(47)25(46)29(57-35)33(51)52)58-34-27(48)23(44)24(45)28(56-34)32(49)50/h16,19,21-31,34-35,44-48H,8-15,17H2,1-7H3,(H,49,50)(H,51,52)(H,53,54)/t19-,21-,22-,23-,24+,25-,26-,27+,28-,29-,30+,31+,34+,35-,38+,39-,40-,41+,42+/m0/s1. The van der Waals surface area contributed by atoms with Crippen molar-refractivity contribution in [2.75, 3.05) is 0 Å². The molecule has 0 spiro atoms. The van der Waals surface area contributed by atoms with Crippen LogP contribution in [0.5, 0.6) is 0 Å². The second kappa shape index (κ2) is 14.3. The summed E-state index contributed by atoms with van der Waals surface area (Å²) in [5.41, 5.74) is -1.81. The van der Waals surface area contributed by atoms with Crippen LogP contribution in [0.25, 0.3) is 0 Å². The Morgan fingerprint density at radius 3 is 1.88 bits per heavy atom. The third kappa shape index (κ3) is 6.25. The van der Waals surface area contributed by atoms with Gasteiger partial charge in [0, 0.05) is 5.92 Å². The van der Waals surface area contributed by atoms with E-state index in [0.717, 1.165) is 37.7 Å². The third-order valence-corrected chi connectivity index (χ3v) is 17.2. The quantitative estimate of drug-likeness (QED) is 0.171. The molecule has 2 heterocycles. The minimum Gasteiger partial charge on any atom is -0.481 e. The summed E-state index contributed by atoms with van der Waals surface area (Å²) in [4.78, 5) is 51.3. The van der Waals surface area contributed by atoms with Crippen molar-refractivity contribution in [2.45, 2.75) is 174 Å². The highest BCUT2D eigenvalue weighted by molar-refractivity contribution is 5.95. The average molecular weight is 823 g/mol. The highest BCUT2D eigenvalue weighted by atomic mass is 16.8. The molecule has 326 valence electrons. The molecule has 0 amide bonds. The Bertz CT molecular complexity index is 1730. The number of carboxylic acid groups (broad SMARTS) is 3. The molecule has 5 aliphatic carbocycles. The monoisotopic (exact) mass is 822 g/mol. The summed E-state index contributed by atoms with van der Waals surface area (Å²) in [6.45, 7) is 14.8. The molecule has 7 rings (SSSR count). The molecule has 0 radical (unpaired) electrons. The van der Waals surface area contributed by atoms with Crippen molar-refractivity contribution in [1.29, 1.82) is 0 Å². The number of carboxylic acids is 3. The van der Waals surface area contributed by atoms with Gasteiger partial charge in [0.15, 0.2) is 30.6 Å². The van der Waals surface area contributed by atoms with Crippen LogP contribution in [-0.2, 0) is 38.1 Å². The number of aliphatic hydroxyl groups is 5. The van der Waals surface area contributed by atoms with Gasteiger partial charge in [-0.25, -0.2) is 9.59 Å². The van der Waals surface area contributed by atoms with Crippen LogP contribution < -0.4 is 0 Å². The largest absolute Gasteiger partial charge is 0.481 e. The topological polar surface area (TPSA) is 267 Å². The molecule has 0 unspecified atom stereocenters. The Morgan fingerprint density at radius 1 is 0.690 bits per heavy atom. The van der Waals surface area contributed by atoms with Gasteiger partial charge in [-0.1, -0.05) is 47.1 Å². The van der Waals surface area contributed by atoms with E-state index in [2.05, 4.69) is 27.7 Å². The van der Waals surface area contributed by atoms with Gasteiger partial charge >= 0.3 is 17.9 Å². The first-order chi connectivity index (χ1) is 26.8. The number of allylic oxidation sites excluding steroid dienone is 2. The molecule has 19 atom stereocenters. The van der Waals surface area contributed by atoms with Crippen LogP contribution in [0.3, 0.4) is 0 Å². The van der Waals surface area contributed by atoms with Gasteiger partial charge in [-0.15, -0.1) is 0 Å². The molecule has 16 heteroatoms. The molecule has 0 aromatic carbocycles. The van der Waals surface area contributed by atoms with Gasteiger partial charge in [0.1, 0.15) is 36.6 Å². The van der Waals surface area contributed by atoms with Crippen molar-refractivity contribution >= 4 is 23.7 Å². The number of ketones is 1. The molecule has 16 nitrogen and oxygen atoms in total. The summed E-state index contributed by atoms with van der Waals surface area (Å²) in [7, 11) is 0. The smallest absolute Gasteiger partial charge is 0.335 e. The number of carbonyl (C=O) groups is 4. The van der Waals surface area contributed by atoms with Crippen LogP contribution in [-0.4, -0.2) is 132 Å². The van der Waals surface area contributed by atoms with Crippen molar-refractivity contribution in [3.63, 3.8) is 0 Å². The van der Waals surface area contributed by atoms with Crippen molar-refractivity contribution in [3.8, 4) is 0 Å². The average Bonchev–Trinajstić information content (AvgIpc) is 3.13. The number of fused-ring (bicyclic) bond motifs is 7. The normalized spacial score (nSPS) is 52.6. The van der Waals surface area contributed by atoms with Crippen LogP contribution in [0.2, 0.25) is 0 Å². The van der Waals surface area contributed by atoms with E-state index >= 15 is 0 Å². The summed E-state index contributed by atoms with van der Waals surface area (Å²) in [6.07, 6.45) is -12.2. The predicted molar refractivity (Wildman–Crippen MR) is 199 cm³/mol. The van der Waals surface area contributed by atoms with Crippen LogP contribution in [0.1, 0.15) is 106 Å². The summed E-state index contributed by atoms with van der Waals surface area (Å²) < 4.78 is 23.4. The molecular formula is C42H62O16. The number of rotatable bonds is 7. The molecule has 4 saturated carbocycles. The molecule has 8 N–H and O–H groups in total. The zero-order valence-corrected chi connectivity index (χ0v) is 34.4. The molecule has 0 aromatic heterocycles. The molecular weight excluding hydrogens is 760 g/mol. The second-order valence-electron chi connectivity index (χ2n) is 20.6. The maximum absolute atomic E-state index is 14.8. The van der Waals surface area contributed by atoms with Crippen LogP contribution >= 0.6 is 0 Å². The van der Waals surface area contributed by atoms with Crippen molar-refractivity contribution in [1.82, 2.24) is 0 Å². The van der Waals surface area contributed by atoms with E-state index in [1.54, 1.807) is 0 Å². The highest BCUT2D eigenvalue weighted by Crippen LogP contribution is 2.75. The van der Waals surface area contributed by atoms with E-state index in [1.165, 1.54) is 0 Å². The van der Waals surface area contributed by atoms with E-state index < -0.39 is 107 Å². The van der Waals surface area contributed by atoms with Crippen molar-refractivity contribution in [3.05, 3.63) is 11.6 Å². The Kier molecular flexibility index (Phi) is 10.7. The fourth-order valence-corrected chi connectivity index (χ4v) is 13.4. The van der Waals surface area contributed by atoms with Crippen LogP contribution in [0, 0.1) is 50.2 Å². The summed E-state index contributed by atoms with van der Waals surface area (Å²) in [5.74, 6) is -4.47. The minimum absolute atomic E-state index is 0.0217. The van der Waals surface area contributed by atoms with E-state index in [1.807, 2.05) is 26.8 Å². The Hall–Kier alpha value is -2.54. The van der Waals surface area contributed by atoms with E-state index in [-0.39, 0.29) is 34.4 Å². The van der Waals surface area contributed by atoms with Crippen LogP contribution in [0.4, 0.5) is 0 Å². The Labute approximate surface area is 337 Å². The lowest BCUT2D eigenvalue weighted by atomic mass is 9.33. The predicted octanol–water partition coefficient (Wildman–Crippen LogP) is 2.25. The lowest BCUT2D eigenvalue weighted by Gasteiger charge is -2.70. The number of aliphatic carboxylic acids is 3.